The number of sulfonamides is 1. The summed E-state index contributed by atoms with van der Waals surface area (Å²) in [4.78, 5) is 0.350. The van der Waals surface area contributed by atoms with E-state index in [9.17, 15) is 8.42 Å². The van der Waals surface area contributed by atoms with E-state index in [0.29, 0.717) is 16.7 Å². The van der Waals surface area contributed by atoms with E-state index < -0.39 is 15.6 Å². The Labute approximate surface area is 126 Å². The molecule has 0 aromatic heterocycles. The van der Waals surface area contributed by atoms with E-state index in [1.165, 1.54) is 0 Å². The first kappa shape index (κ1) is 15.8. The minimum Gasteiger partial charge on any atom is -0.207 e. The topological polar surface area (TPSA) is 46.2 Å². The van der Waals surface area contributed by atoms with Crippen molar-refractivity contribution in [2.45, 2.75) is 50.0 Å². The molecule has 20 heavy (non-hydrogen) atoms. The number of nitrogens with one attached hydrogen (secondary N) is 1. The molecule has 1 fully saturated rings. The van der Waals surface area contributed by atoms with Gasteiger partial charge >= 0.3 is 0 Å². The van der Waals surface area contributed by atoms with Gasteiger partial charge in [0.1, 0.15) is 0 Å². The highest BCUT2D eigenvalue weighted by molar-refractivity contribution is 7.89. The maximum atomic E-state index is 12.6. The van der Waals surface area contributed by atoms with Crippen LogP contribution in [0.3, 0.4) is 0 Å². The van der Waals surface area contributed by atoms with Crippen molar-refractivity contribution < 1.29 is 8.42 Å². The van der Waals surface area contributed by atoms with Gasteiger partial charge in [-0.1, -0.05) is 38.0 Å². The van der Waals surface area contributed by atoms with Crippen LogP contribution in [0.5, 0.6) is 0 Å². The van der Waals surface area contributed by atoms with Crippen LogP contribution in [0, 0.1) is 12.8 Å². The number of halogens is 1. The number of rotatable bonds is 4. The Morgan fingerprint density at radius 3 is 2.70 bits per heavy atom. The normalized spacial score (nSPS) is 27.4. The molecule has 0 radical (unpaired) electrons. The summed E-state index contributed by atoms with van der Waals surface area (Å²) in [6.45, 7) is 3.97. The van der Waals surface area contributed by atoms with Crippen LogP contribution in [0.25, 0.3) is 0 Å². The first-order valence-electron chi connectivity index (χ1n) is 7.04. The smallest absolute Gasteiger partial charge is 0.207 e. The zero-order valence-corrected chi connectivity index (χ0v) is 13.6. The van der Waals surface area contributed by atoms with Gasteiger partial charge in [-0.2, -0.15) is 0 Å². The predicted octanol–water partition coefficient (Wildman–Crippen LogP) is 3.46. The van der Waals surface area contributed by atoms with Gasteiger partial charge in [0.25, 0.3) is 0 Å². The summed E-state index contributed by atoms with van der Waals surface area (Å²) < 4.78 is 28.1. The van der Waals surface area contributed by atoms with E-state index in [1.807, 2.05) is 19.1 Å². The van der Waals surface area contributed by atoms with Crippen LogP contribution in [-0.2, 0) is 10.0 Å². The first-order chi connectivity index (χ1) is 9.38. The van der Waals surface area contributed by atoms with Crippen LogP contribution >= 0.6 is 11.6 Å². The second-order valence-electron chi connectivity index (χ2n) is 5.99. The summed E-state index contributed by atoms with van der Waals surface area (Å²) in [5.41, 5.74) is 0.258. The Balaban J connectivity index is 2.29. The summed E-state index contributed by atoms with van der Waals surface area (Å²) in [6, 6.07) is 7.05. The van der Waals surface area contributed by atoms with E-state index in [0.717, 1.165) is 31.2 Å². The molecule has 1 aliphatic rings. The summed E-state index contributed by atoms with van der Waals surface area (Å²) >= 11 is 6.11. The average Bonchev–Trinajstić information content (AvgIpc) is 2.38. The second kappa shape index (κ2) is 6.04. The van der Waals surface area contributed by atoms with Crippen molar-refractivity contribution in [3.63, 3.8) is 0 Å². The van der Waals surface area contributed by atoms with Gasteiger partial charge in [-0.3, -0.25) is 0 Å². The monoisotopic (exact) mass is 315 g/mol. The highest BCUT2D eigenvalue weighted by Gasteiger charge is 2.38. The third-order valence-corrected chi connectivity index (χ3v) is 6.33. The second-order valence-corrected chi connectivity index (χ2v) is 7.90. The molecule has 5 heteroatoms. The maximum Gasteiger partial charge on any atom is 0.241 e. The molecule has 2 unspecified atom stereocenters. The first-order valence-corrected chi connectivity index (χ1v) is 9.06. The molecule has 1 aliphatic carbocycles. The van der Waals surface area contributed by atoms with Crippen molar-refractivity contribution in [1.29, 1.82) is 0 Å². The number of benzene rings is 1. The molecule has 0 aliphatic heterocycles. The van der Waals surface area contributed by atoms with E-state index in [2.05, 4.69) is 11.6 Å². The highest BCUT2D eigenvalue weighted by atomic mass is 35.5. The Bertz CT molecular complexity index is 573. The molecule has 0 bridgehead atoms. The van der Waals surface area contributed by atoms with Crippen molar-refractivity contribution in [2.75, 3.05) is 5.88 Å². The van der Waals surface area contributed by atoms with Crippen LogP contribution in [0.2, 0.25) is 0 Å². The Hall–Kier alpha value is -0.580. The lowest BCUT2D eigenvalue weighted by Crippen LogP contribution is -2.52. The van der Waals surface area contributed by atoms with Crippen molar-refractivity contribution in [2.24, 2.45) is 5.92 Å². The minimum atomic E-state index is -3.52. The molecule has 3 nitrogen and oxygen atoms in total. The molecule has 1 saturated carbocycles. The fourth-order valence-corrected chi connectivity index (χ4v) is 5.18. The Morgan fingerprint density at radius 2 is 2.10 bits per heavy atom. The standard InChI is InChI=1S/C15H22ClNO2S/c1-12-6-5-9-15(10-12,11-16)17-20(18,19)14-8-4-3-7-13(14)2/h3-4,7-8,12,17H,5-6,9-11H2,1-2H3. The van der Waals surface area contributed by atoms with Gasteiger partial charge in [0.05, 0.1) is 4.90 Å². The van der Waals surface area contributed by atoms with Gasteiger partial charge in [-0.15, -0.1) is 11.6 Å². The SMILES string of the molecule is Cc1ccccc1S(=O)(=O)NC1(CCl)CCCC(C)C1. The fourth-order valence-electron chi connectivity index (χ4n) is 3.10. The third kappa shape index (κ3) is 3.35. The molecule has 112 valence electrons. The van der Waals surface area contributed by atoms with E-state index in [4.69, 9.17) is 11.6 Å². The molecule has 1 aromatic carbocycles. The molecular formula is C15H22ClNO2S. The molecule has 2 rings (SSSR count). The van der Waals surface area contributed by atoms with Crippen LogP contribution in [0.1, 0.15) is 38.2 Å². The largest absolute Gasteiger partial charge is 0.241 e. The molecular weight excluding hydrogens is 294 g/mol. The zero-order chi connectivity index (χ0) is 14.8. The fraction of sp³-hybridized carbons (Fsp3) is 0.600. The quantitative estimate of drug-likeness (QED) is 0.865. The highest BCUT2D eigenvalue weighted by Crippen LogP contribution is 2.34. The minimum absolute atomic E-state index is 0.322. The number of hydrogen-bond acceptors (Lipinski definition) is 2. The Morgan fingerprint density at radius 1 is 1.40 bits per heavy atom. The summed E-state index contributed by atoms with van der Waals surface area (Å²) in [5, 5.41) is 0. The molecule has 2 atom stereocenters. The van der Waals surface area contributed by atoms with Crippen molar-refractivity contribution in [3.8, 4) is 0 Å². The lowest BCUT2D eigenvalue weighted by atomic mass is 9.78. The van der Waals surface area contributed by atoms with Gasteiger partial charge in [0.15, 0.2) is 0 Å². The van der Waals surface area contributed by atoms with Gasteiger partial charge < -0.3 is 0 Å². The summed E-state index contributed by atoms with van der Waals surface area (Å²) in [6.07, 6.45) is 3.78. The lowest BCUT2D eigenvalue weighted by Gasteiger charge is -2.39. The molecule has 1 N–H and O–H groups in total. The third-order valence-electron chi connectivity index (χ3n) is 4.08. The van der Waals surface area contributed by atoms with Gasteiger partial charge in [-0.05, 0) is 37.3 Å². The van der Waals surface area contributed by atoms with Crippen LogP contribution in [-0.4, -0.2) is 19.8 Å². The Kier molecular flexibility index (Phi) is 4.77. The van der Waals surface area contributed by atoms with E-state index in [-0.39, 0.29) is 0 Å². The number of aryl methyl sites for hydroxylation is 1. The van der Waals surface area contributed by atoms with Crippen molar-refractivity contribution in [3.05, 3.63) is 29.8 Å². The summed E-state index contributed by atoms with van der Waals surface area (Å²) in [5.74, 6) is 0.824. The molecule has 0 spiro atoms. The van der Waals surface area contributed by atoms with Gasteiger partial charge in [0, 0.05) is 11.4 Å². The van der Waals surface area contributed by atoms with Crippen LogP contribution in [0.4, 0.5) is 0 Å². The van der Waals surface area contributed by atoms with Gasteiger partial charge in [0.2, 0.25) is 10.0 Å². The molecule has 1 aromatic rings. The van der Waals surface area contributed by atoms with E-state index in [1.54, 1.807) is 12.1 Å². The van der Waals surface area contributed by atoms with E-state index >= 15 is 0 Å². The summed E-state index contributed by atoms with van der Waals surface area (Å²) in [7, 11) is -3.52. The van der Waals surface area contributed by atoms with Crippen molar-refractivity contribution >= 4 is 21.6 Å². The average molecular weight is 316 g/mol. The zero-order valence-electron chi connectivity index (χ0n) is 12.0. The molecule has 0 saturated heterocycles. The maximum absolute atomic E-state index is 12.6. The molecule has 0 amide bonds. The lowest BCUT2D eigenvalue weighted by molar-refractivity contribution is 0.239. The molecule has 0 heterocycles. The number of hydrogen-bond donors (Lipinski definition) is 1. The van der Waals surface area contributed by atoms with Crippen LogP contribution in [0.15, 0.2) is 29.2 Å². The van der Waals surface area contributed by atoms with Crippen molar-refractivity contribution in [1.82, 2.24) is 4.72 Å². The predicted molar refractivity (Wildman–Crippen MR) is 82.6 cm³/mol. The van der Waals surface area contributed by atoms with Crippen LogP contribution < -0.4 is 4.72 Å². The van der Waals surface area contributed by atoms with Gasteiger partial charge in [-0.25, -0.2) is 13.1 Å². The number of alkyl halides is 1.